The molecule has 1 aromatic heterocycles. The first-order valence-electron chi connectivity index (χ1n) is 9.96. The first-order chi connectivity index (χ1) is 12.8. The van der Waals surface area contributed by atoms with Crippen molar-refractivity contribution in [3.05, 3.63) is 54.2 Å². The summed E-state index contributed by atoms with van der Waals surface area (Å²) in [5.74, 6) is 2.08. The van der Waals surface area contributed by atoms with Crippen LogP contribution in [0.4, 0.5) is 5.82 Å². The topological polar surface area (TPSA) is 37.4 Å². The van der Waals surface area contributed by atoms with Gasteiger partial charge in [-0.25, -0.2) is 4.98 Å². The van der Waals surface area contributed by atoms with E-state index in [-0.39, 0.29) is 0 Å². The average Bonchev–Trinajstić information content (AvgIpc) is 2.72. The maximum absolute atomic E-state index is 5.78. The maximum atomic E-state index is 5.78. The molecule has 2 aromatic rings. The van der Waals surface area contributed by atoms with E-state index in [9.17, 15) is 0 Å². The highest BCUT2D eigenvalue weighted by molar-refractivity contribution is 5.38. The first-order valence-corrected chi connectivity index (χ1v) is 9.96. The van der Waals surface area contributed by atoms with Gasteiger partial charge in [0.15, 0.2) is 0 Å². The molecule has 1 aliphatic heterocycles. The molecule has 4 nitrogen and oxygen atoms in total. The van der Waals surface area contributed by atoms with Crippen LogP contribution >= 0.6 is 0 Å². The molecule has 1 aliphatic rings. The molecule has 1 fully saturated rings. The number of pyridine rings is 1. The lowest BCUT2D eigenvalue weighted by Gasteiger charge is -2.33. The van der Waals surface area contributed by atoms with Crippen molar-refractivity contribution in [3.8, 4) is 5.75 Å². The number of anilines is 1. The van der Waals surface area contributed by atoms with Crippen LogP contribution in [-0.2, 0) is 6.54 Å². The largest absolute Gasteiger partial charge is 0.494 e. The summed E-state index contributed by atoms with van der Waals surface area (Å²) in [5, 5.41) is 3.70. The van der Waals surface area contributed by atoms with Gasteiger partial charge in [-0.2, -0.15) is 0 Å². The molecule has 1 saturated heterocycles. The molecule has 2 heterocycles. The van der Waals surface area contributed by atoms with Crippen molar-refractivity contribution in [2.75, 3.05) is 24.6 Å². The minimum absolute atomic E-state index is 0.583. The predicted molar refractivity (Wildman–Crippen MR) is 108 cm³/mol. The Morgan fingerprint density at radius 2 is 1.88 bits per heavy atom. The van der Waals surface area contributed by atoms with E-state index in [4.69, 9.17) is 4.74 Å². The van der Waals surface area contributed by atoms with Gasteiger partial charge < -0.3 is 15.0 Å². The molecule has 0 saturated carbocycles. The standard InChI is InChI=1S/C22H31N3O/c1-2-3-6-17-26-21-10-8-19(9-11-21)18-24-20-12-15-25(16-13-20)22-7-4-5-14-23-22/h4-5,7-11,14,20,24H,2-3,6,12-13,15-18H2,1H3. The quantitative estimate of drug-likeness (QED) is 0.678. The lowest BCUT2D eigenvalue weighted by atomic mass is 10.0. The van der Waals surface area contributed by atoms with Crippen molar-refractivity contribution in [2.24, 2.45) is 0 Å². The van der Waals surface area contributed by atoms with Crippen LogP contribution in [0.3, 0.4) is 0 Å². The number of rotatable bonds is 9. The van der Waals surface area contributed by atoms with Gasteiger partial charge in [-0.1, -0.05) is 38.0 Å². The van der Waals surface area contributed by atoms with Gasteiger partial charge in [0.25, 0.3) is 0 Å². The van der Waals surface area contributed by atoms with Gasteiger partial charge in [-0.3, -0.25) is 0 Å². The summed E-state index contributed by atoms with van der Waals surface area (Å²) in [7, 11) is 0. The van der Waals surface area contributed by atoms with Gasteiger partial charge in [0, 0.05) is 31.9 Å². The molecule has 0 aliphatic carbocycles. The third kappa shape index (κ3) is 5.73. The first kappa shape index (κ1) is 18.7. The van der Waals surface area contributed by atoms with Crippen molar-refractivity contribution in [1.29, 1.82) is 0 Å². The lowest BCUT2D eigenvalue weighted by Crippen LogP contribution is -2.42. The zero-order valence-electron chi connectivity index (χ0n) is 15.9. The number of hydrogen-bond donors (Lipinski definition) is 1. The number of aromatic nitrogens is 1. The van der Waals surface area contributed by atoms with Crippen LogP contribution in [0.5, 0.6) is 5.75 Å². The average molecular weight is 354 g/mol. The Labute approximate surface area is 157 Å². The predicted octanol–water partition coefficient (Wildman–Crippen LogP) is 4.41. The Kier molecular flexibility index (Phi) is 7.32. The van der Waals surface area contributed by atoms with Crippen LogP contribution in [0.15, 0.2) is 48.7 Å². The van der Waals surface area contributed by atoms with E-state index in [0.717, 1.165) is 57.1 Å². The van der Waals surface area contributed by atoms with Crippen molar-refractivity contribution in [2.45, 2.75) is 51.6 Å². The van der Waals surface area contributed by atoms with E-state index < -0.39 is 0 Å². The van der Waals surface area contributed by atoms with E-state index in [1.54, 1.807) is 0 Å². The van der Waals surface area contributed by atoms with Crippen LogP contribution < -0.4 is 15.0 Å². The maximum Gasteiger partial charge on any atom is 0.128 e. The second-order valence-corrected chi connectivity index (χ2v) is 7.03. The van der Waals surface area contributed by atoms with Gasteiger partial charge in [0.1, 0.15) is 11.6 Å². The number of benzene rings is 1. The Morgan fingerprint density at radius 3 is 2.58 bits per heavy atom. The van der Waals surface area contributed by atoms with Gasteiger partial charge >= 0.3 is 0 Å². The van der Waals surface area contributed by atoms with Crippen molar-refractivity contribution in [1.82, 2.24) is 10.3 Å². The molecule has 3 rings (SSSR count). The third-order valence-electron chi connectivity index (χ3n) is 5.00. The van der Waals surface area contributed by atoms with Crippen LogP contribution in [0.2, 0.25) is 0 Å². The van der Waals surface area contributed by atoms with Crippen LogP contribution in [0.1, 0.15) is 44.6 Å². The van der Waals surface area contributed by atoms with Crippen LogP contribution in [-0.4, -0.2) is 30.7 Å². The van der Waals surface area contributed by atoms with Crippen molar-refractivity contribution >= 4 is 5.82 Å². The summed E-state index contributed by atoms with van der Waals surface area (Å²) < 4.78 is 5.78. The molecular formula is C22H31N3O. The number of piperidine rings is 1. The molecule has 0 unspecified atom stereocenters. The van der Waals surface area contributed by atoms with E-state index in [0.29, 0.717) is 6.04 Å². The van der Waals surface area contributed by atoms with E-state index in [1.165, 1.54) is 18.4 Å². The number of hydrogen-bond acceptors (Lipinski definition) is 4. The van der Waals surface area contributed by atoms with E-state index >= 15 is 0 Å². The second-order valence-electron chi connectivity index (χ2n) is 7.03. The van der Waals surface area contributed by atoms with Gasteiger partial charge in [-0.15, -0.1) is 0 Å². The molecule has 140 valence electrons. The number of nitrogens with zero attached hydrogens (tertiary/aromatic N) is 2. The number of unbranched alkanes of at least 4 members (excludes halogenated alkanes) is 2. The molecule has 0 bridgehead atoms. The second kappa shape index (κ2) is 10.2. The highest BCUT2D eigenvalue weighted by Crippen LogP contribution is 2.18. The van der Waals surface area contributed by atoms with Crippen LogP contribution in [0, 0.1) is 0 Å². The molecule has 4 heteroatoms. The lowest BCUT2D eigenvalue weighted by molar-refractivity contribution is 0.306. The molecule has 0 amide bonds. The smallest absolute Gasteiger partial charge is 0.128 e. The normalized spacial score (nSPS) is 15.2. The van der Waals surface area contributed by atoms with Gasteiger partial charge in [0.2, 0.25) is 0 Å². The summed E-state index contributed by atoms with van der Waals surface area (Å²) in [5.41, 5.74) is 1.32. The third-order valence-corrected chi connectivity index (χ3v) is 5.00. The summed E-state index contributed by atoms with van der Waals surface area (Å²) in [4.78, 5) is 6.83. The summed E-state index contributed by atoms with van der Waals surface area (Å²) in [6.07, 6.45) is 7.80. The molecule has 0 spiro atoms. The molecule has 26 heavy (non-hydrogen) atoms. The Morgan fingerprint density at radius 1 is 1.08 bits per heavy atom. The molecular weight excluding hydrogens is 322 g/mol. The van der Waals surface area contributed by atoms with Gasteiger partial charge in [-0.05, 0) is 49.1 Å². The molecule has 0 radical (unpaired) electrons. The number of nitrogens with one attached hydrogen (secondary N) is 1. The van der Waals surface area contributed by atoms with Crippen molar-refractivity contribution < 1.29 is 4.74 Å². The van der Waals surface area contributed by atoms with Crippen LogP contribution in [0.25, 0.3) is 0 Å². The zero-order chi connectivity index (χ0) is 18.0. The minimum atomic E-state index is 0.583. The van der Waals surface area contributed by atoms with Crippen molar-refractivity contribution in [3.63, 3.8) is 0 Å². The number of ether oxygens (including phenoxy) is 1. The highest BCUT2D eigenvalue weighted by Gasteiger charge is 2.19. The molecule has 1 N–H and O–H groups in total. The highest BCUT2D eigenvalue weighted by atomic mass is 16.5. The summed E-state index contributed by atoms with van der Waals surface area (Å²) >= 11 is 0. The Balaban J connectivity index is 1.37. The SMILES string of the molecule is CCCCCOc1ccc(CNC2CCN(c3ccccn3)CC2)cc1. The Bertz CT molecular complexity index is 622. The van der Waals surface area contributed by atoms with E-state index in [1.807, 2.05) is 12.3 Å². The molecule has 0 atom stereocenters. The monoisotopic (exact) mass is 353 g/mol. The Hall–Kier alpha value is -2.07. The fourth-order valence-electron chi connectivity index (χ4n) is 3.36. The molecule has 1 aromatic carbocycles. The fourth-order valence-corrected chi connectivity index (χ4v) is 3.36. The fraction of sp³-hybridized carbons (Fsp3) is 0.500. The van der Waals surface area contributed by atoms with E-state index in [2.05, 4.69) is 58.5 Å². The van der Waals surface area contributed by atoms with Gasteiger partial charge in [0.05, 0.1) is 6.61 Å². The zero-order valence-corrected chi connectivity index (χ0v) is 15.9. The summed E-state index contributed by atoms with van der Waals surface area (Å²) in [6.45, 7) is 6.09. The summed E-state index contributed by atoms with van der Waals surface area (Å²) in [6, 6.07) is 15.2. The minimum Gasteiger partial charge on any atom is -0.494 e.